The molecule has 3 aromatic rings. The largest absolute Gasteiger partial charge is 0.490 e. The fourth-order valence-corrected chi connectivity index (χ4v) is 2.63. The van der Waals surface area contributed by atoms with Crippen molar-refractivity contribution in [2.24, 2.45) is 0 Å². The molecule has 27 heavy (non-hydrogen) atoms. The number of aromatic nitrogens is 2. The molecule has 0 radical (unpaired) electrons. The zero-order valence-electron chi connectivity index (χ0n) is 14.7. The normalized spacial score (nSPS) is 10.4. The third-order valence-corrected chi connectivity index (χ3v) is 4.04. The molecule has 8 heteroatoms. The maximum atomic E-state index is 12.2. The minimum Gasteiger partial charge on any atom is -0.490 e. The lowest BCUT2D eigenvalue weighted by atomic mass is 10.1. The number of hydrogen-bond acceptors (Lipinski definition) is 5. The molecule has 0 aliphatic heterocycles. The summed E-state index contributed by atoms with van der Waals surface area (Å²) < 4.78 is 6.70. The number of methoxy groups -OCH3 is 1. The van der Waals surface area contributed by atoms with Gasteiger partial charge in [0.1, 0.15) is 0 Å². The van der Waals surface area contributed by atoms with Crippen molar-refractivity contribution in [3.05, 3.63) is 82.2 Å². The summed E-state index contributed by atoms with van der Waals surface area (Å²) in [6.07, 6.45) is 4.22. The van der Waals surface area contributed by atoms with Gasteiger partial charge in [-0.25, -0.2) is 4.68 Å². The van der Waals surface area contributed by atoms with Crippen molar-refractivity contribution in [1.29, 1.82) is 0 Å². The van der Waals surface area contributed by atoms with Crippen molar-refractivity contribution in [3.8, 4) is 11.4 Å². The van der Waals surface area contributed by atoms with E-state index in [9.17, 15) is 14.9 Å². The van der Waals surface area contributed by atoms with Gasteiger partial charge in [-0.2, -0.15) is 5.10 Å². The summed E-state index contributed by atoms with van der Waals surface area (Å²) in [4.78, 5) is 22.7. The Morgan fingerprint density at radius 3 is 2.67 bits per heavy atom. The lowest BCUT2D eigenvalue weighted by molar-refractivity contribution is -0.385. The van der Waals surface area contributed by atoms with Crippen molar-refractivity contribution in [3.63, 3.8) is 0 Å². The van der Waals surface area contributed by atoms with Crippen molar-refractivity contribution >= 4 is 11.6 Å². The quantitative estimate of drug-likeness (QED) is 0.512. The van der Waals surface area contributed by atoms with E-state index in [0.29, 0.717) is 13.0 Å². The highest BCUT2D eigenvalue weighted by Crippen LogP contribution is 2.27. The number of nitro benzene ring substituents is 1. The van der Waals surface area contributed by atoms with Crippen LogP contribution in [-0.4, -0.2) is 34.3 Å². The molecule has 0 saturated heterocycles. The van der Waals surface area contributed by atoms with Crippen LogP contribution in [0.3, 0.4) is 0 Å². The van der Waals surface area contributed by atoms with Crippen LogP contribution in [0, 0.1) is 10.1 Å². The zero-order chi connectivity index (χ0) is 19.2. The molecule has 1 amide bonds. The average Bonchev–Trinajstić information content (AvgIpc) is 3.22. The third kappa shape index (κ3) is 4.30. The minimum absolute atomic E-state index is 0.119. The summed E-state index contributed by atoms with van der Waals surface area (Å²) in [7, 11) is 1.35. The number of carbonyl (C=O) groups excluding carboxylic acids is 1. The number of nitrogens with zero attached hydrogens (tertiary/aromatic N) is 3. The van der Waals surface area contributed by atoms with E-state index < -0.39 is 4.92 Å². The zero-order valence-corrected chi connectivity index (χ0v) is 14.7. The van der Waals surface area contributed by atoms with E-state index in [0.717, 1.165) is 11.3 Å². The summed E-state index contributed by atoms with van der Waals surface area (Å²) in [6.45, 7) is 0.416. The summed E-state index contributed by atoms with van der Waals surface area (Å²) in [5, 5.41) is 18.0. The number of benzene rings is 2. The summed E-state index contributed by atoms with van der Waals surface area (Å²) in [5.74, 6) is -0.247. The fourth-order valence-electron chi connectivity index (χ4n) is 2.63. The monoisotopic (exact) mass is 366 g/mol. The second-order valence-electron chi connectivity index (χ2n) is 5.77. The van der Waals surface area contributed by atoms with Gasteiger partial charge < -0.3 is 10.1 Å². The van der Waals surface area contributed by atoms with Crippen LogP contribution in [0.5, 0.6) is 5.75 Å². The molecular weight excluding hydrogens is 348 g/mol. The Morgan fingerprint density at radius 2 is 2.04 bits per heavy atom. The van der Waals surface area contributed by atoms with E-state index in [2.05, 4.69) is 10.4 Å². The highest BCUT2D eigenvalue weighted by Gasteiger charge is 2.17. The number of rotatable bonds is 7. The Bertz CT molecular complexity index is 937. The number of amides is 1. The standard InChI is InChI=1S/C19H18N4O4/c1-27-18-8-5-15(13-17(18)23(25)26)19(24)20-11-9-14-3-6-16(7-4-14)22-12-2-10-21-22/h2-8,10,12-13H,9,11H2,1H3,(H,20,24). The second-order valence-corrected chi connectivity index (χ2v) is 5.77. The molecule has 1 N–H and O–H groups in total. The topological polar surface area (TPSA) is 99.3 Å². The summed E-state index contributed by atoms with van der Waals surface area (Å²) >= 11 is 0. The van der Waals surface area contributed by atoms with Crippen LogP contribution in [0.2, 0.25) is 0 Å². The number of nitro groups is 1. The first-order valence-corrected chi connectivity index (χ1v) is 8.28. The molecule has 0 atom stereocenters. The van der Waals surface area contributed by atoms with E-state index in [4.69, 9.17) is 4.74 Å². The molecule has 0 spiro atoms. The average molecular weight is 366 g/mol. The highest BCUT2D eigenvalue weighted by molar-refractivity contribution is 5.95. The minimum atomic E-state index is -0.573. The third-order valence-electron chi connectivity index (χ3n) is 4.04. The molecule has 3 rings (SSSR count). The van der Waals surface area contributed by atoms with Crippen LogP contribution < -0.4 is 10.1 Å². The van der Waals surface area contributed by atoms with Crippen LogP contribution in [0.1, 0.15) is 15.9 Å². The number of nitrogens with one attached hydrogen (secondary N) is 1. The van der Waals surface area contributed by atoms with Crippen molar-refractivity contribution in [2.75, 3.05) is 13.7 Å². The molecule has 2 aromatic carbocycles. The Morgan fingerprint density at radius 1 is 1.26 bits per heavy atom. The van der Waals surface area contributed by atoms with Gasteiger partial charge in [0.05, 0.1) is 17.7 Å². The molecule has 0 fully saturated rings. The molecule has 1 aromatic heterocycles. The molecule has 8 nitrogen and oxygen atoms in total. The summed E-state index contributed by atoms with van der Waals surface area (Å²) in [6, 6.07) is 13.8. The Kier molecular flexibility index (Phi) is 5.46. The van der Waals surface area contributed by atoms with Gasteiger partial charge >= 0.3 is 5.69 Å². The van der Waals surface area contributed by atoms with Gasteiger partial charge in [-0.05, 0) is 42.3 Å². The van der Waals surface area contributed by atoms with Crippen LogP contribution in [-0.2, 0) is 6.42 Å². The molecule has 0 aliphatic carbocycles. The SMILES string of the molecule is COc1ccc(C(=O)NCCc2ccc(-n3cccn3)cc2)cc1[N+](=O)[O-]. The molecule has 0 aliphatic rings. The van der Waals surface area contributed by atoms with Crippen LogP contribution in [0.15, 0.2) is 60.9 Å². The van der Waals surface area contributed by atoms with Crippen molar-refractivity contribution in [2.45, 2.75) is 6.42 Å². The van der Waals surface area contributed by atoms with Crippen LogP contribution >= 0.6 is 0 Å². The second kappa shape index (κ2) is 8.13. The molecule has 138 valence electrons. The van der Waals surface area contributed by atoms with Gasteiger partial charge in [-0.1, -0.05) is 12.1 Å². The van der Waals surface area contributed by atoms with Gasteiger partial charge in [0.15, 0.2) is 5.75 Å². The van der Waals surface area contributed by atoms with Gasteiger partial charge in [-0.15, -0.1) is 0 Å². The Balaban J connectivity index is 1.58. The first-order valence-electron chi connectivity index (χ1n) is 8.28. The first kappa shape index (κ1) is 18.1. The number of hydrogen-bond donors (Lipinski definition) is 1. The van der Waals surface area contributed by atoms with E-state index >= 15 is 0 Å². The van der Waals surface area contributed by atoms with Crippen molar-refractivity contribution < 1.29 is 14.5 Å². The molecular formula is C19H18N4O4. The maximum absolute atomic E-state index is 12.2. The van der Waals surface area contributed by atoms with Gasteiger partial charge in [0, 0.05) is 30.6 Å². The van der Waals surface area contributed by atoms with E-state index in [-0.39, 0.29) is 22.9 Å². The van der Waals surface area contributed by atoms with Crippen LogP contribution in [0.25, 0.3) is 5.69 Å². The van der Waals surface area contributed by atoms with E-state index in [1.807, 2.05) is 36.5 Å². The predicted molar refractivity (Wildman–Crippen MR) is 99.2 cm³/mol. The lowest BCUT2D eigenvalue weighted by Gasteiger charge is -2.08. The predicted octanol–water partition coefficient (Wildman–Crippen LogP) is 2.76. The lowest BCUT2D eigenvalue weighted by Crippen LogP contribution is -2.25. The smallest absolute Gasteiger partial charge is 0.311 e. The van der Waals surface area contributed by atoms with Gasteiger partial charge in [0.2, 0.25) is 0 Å². The molecule has 0 unspecified atom stereocenters. The van der Waals surface area contributed by atoms with E-state index in [1.54, 1.807) is 10.9 Å². The molecule has 0 bridgehead atoms. The highest BCUT2D eigenvalue weighted by atomic mass is 16.6. The van der Waals surface area contributed by atoms with Crippen molar-refractivity contribution in [1.82, 2.24) is 15.1 Å². The Hall–Kier alpha value is -3.68. The van der Waals surface area contributed by atoms with Gasteiger partial charge in [-0.3, -0.25) is 14.9 Å². The van der Waals surface area contributed by atoms with E-state index in [1.165, 1.54) is 25.3 Å². The fraction of sp³-hybridized carbons (Fsp3) is 0.158. The number of carbonyl (C=O) groups is 1. The molecule has 0 saturated carbocycles. The first-order chi connectivity index (χ1) is 13.1. The Labute approximate surface area is 155 Å². The summed E-state index contributed by atoms with van der Waals surface area (Å²) in [5.41, 5.74) is 2.00. The maximum Gasteiger partial charge on any atom is 0.311 e. The molecule has 1 heterocycles. The van der Waals surface area contributed by atoms with Crippen LogP contribution in [0.4, 0.5) is 5.69 Å². The van der Waals surface area contributed by atoms with Gasteiger partial charge in [0.25, 0.3) is 5.91 Å². The number of ether oxygens (including phenoxy) is 1.